The highest BCUT2D eigenvalue weighted by Gasteiger charge is 2.46. The highest BCUT2D eigenvalue weighted by atomic mass is 32.2. The molecular formula is C38H49FN6O8S. The molecule has 0 unspecified atom stereocenters. The van der Waals surface area contributed by atoms with E-state index in [2.05, 4.69) is 15.0 Å². The number of nitrogens with one attached hydrogen (secondary N) is 3. The van der Waals surface area contributed by atoms with Crippen LogP contribution in [0.4, 0.5) is 14.9 Å². The molecular weight excluding hydrogens is 720 g/mol. The Morgan fingerprint density at radius 1 is 0.981 bits per heavy atom. The number of anilines is 1. The molecule has 4 N–H and O–H groups in total. The molecule has 1 aliphatic carbocycles. The molecule has 14 nitrogen and oxygen atoms in total. The summed E-state index contributed by atoms with van der Waals surface area (Å²) in [5.41, 5.74) is 1.17. The molecule has 2 saturated heterocycles. The smallest absolute Gasteiger partial charge is 0.408 e. The topological polar surface area (TPSA) is 181 Å². The van der Waals surface area contributed by atoms with Crippen LogP contribution in [-0.4, -0.2) is 114 Å². The van der Waals surface area contributed by atoms with Gasteiger partial charge < -0.3 is 25.0 Å². The van der Waals surface area contributed by atoms with E-state index in [1.165, 1.54) is 11.0 Å². The number of ether oxygens (including phenoxy) is 1. The molecule has 6 rings (SSSR count). The number of hydrogen-bond acceptors (Lipinski definition) is 7. The number of halogens is 1. The Bertz CT molecular complexity index is 1950. The van der Waals surface area contributed by atoms with Crippen LogP contribution < -0.4 is 10.0 Å². The lowest BCUT2D eigenvalue weighted by Crippen LogP contribution is -2.55. The van der Waals surface area contributed by atoms with E-state index in [4.69, 9.17) is 4.74 Å². The van der Waals surface area contributed by atoms with E-state index in [9.17, 15) is 37.1 Å². The number of aromatic amines is 1. The van der Waals surface area contributed by atoms with Gasteiger partial charge in [-0.05, 0) is 88.6 Å². The van der Waals surface area contributed by atoms with E-state index in [1.807, 2.05) is 30.3 Å². The van der Waals surface area contributed by atoms with Crippen molar-refractivity contribution in [2.75, 3.05) is 44.8 Å². The number of likely N-dealkylation sites (tertiary alicyclic amines) is 1. The van der Waals surface area contributed by atoms with E-state index >= 15 is 0 Å². The third-order valence-corrected chi connectivity index (χ3v) is 12.4. The Morgan fingerprint density at radius 2 is 1.67 bits per heavy atom. The monoisotopic (exact) mass is 768 g/mol. The van der Waals surface area contributed by atoms with Gasteiger partial charge in [0.2, 0.25) is 11.8 Å². The van der Waals surface area contributed by atoms with Crippen LogP contribution in [0.3, 0.4) is 0 Å². The highest BCUT2D eigenvalue weighted by Crippen LogP contribution is 2.40. The molecule has 2 aliphatic heterocycles. The first-order valence-corrected chi connectivity index (χ1v) is 19.9. The Morgan fingerprint density at radius 3 is 2.30 bits per heavy atom. The normalized spacial score (nSPS) is 23.1. The van der Waals surface area contributed by atoms with Gasteiger partial charge in [0.25, 0.3) is 5.91 Å². The number of carbonyl (C=O) groups is 4. The van der Waals surface area contributed by atoms with Gasteiger partial charge in [-0.3, -0.25) is 19.3 Å². The Labute approximate surface area is 314 Å². The molecule has 3 heterocycles. The zero-order chi connectivity index (χ0) is 38.8. The predicted molar refractivity (Wildman–Crippen MR) is 200 cm³/mol. The van der Waals surface area contributed by atoms with Gasteiger partial charge in [-0.1, -0.05) is 30.3 Å². The third-order valence-electron chi connectivity index (χ3n) is 10.9. The first kappa shape index (κ1) is 39.2. The fourth-order valence-electron chi connectivity index (χ4n) is 8.30. The molecule has 0 spiro atoms. The number of carboxylic acid groups (broad SMARTS) is 1. The molecule has 292 valence electrons. The second-order valence-electron chi connectivity index (χ2n) is 15.4. The van der Waals surface area contributed by atoms with E-state index in [0.717, 1.165) is 9.87 Å². The van der Waals surface area contributed by atoms with E-state index in [-0.39, 0.29) is 61.6 Å². The van der Waals surface area contributed by atoms with Gasteiger partial charge in [0.15, 0.2) is 0 Å². The Balaban J connectivity index is 1.16. The van der Waals surface area contributed by atoms with Gasteiger partial charge in [-0.15, -0.1) is 0 Å². The predicted octanol–water partition coefficient (Wildman–Crippen LogP) is 4.72. The van der Waals surface area contributed by atoms with Gasteiger partial charge >= 0.3 is 16.3 Å². The first-order chi connectivity index (χ1) is 25.7. The van der Waals surface area contributed by atoms with Crippen LogP contribution in [0.2, 0.25) is 0 Å². The summed E-state index contributed by atoms with van der Waals surface area (Å²) in [6, 6.07) is 14.5. The van der Waals surface area contributed by atoms with Gasteiger partial charge in [-0.2, -0.15) is 12.7 Å². The van der Waals surface area contributed by atoms with Crippen molar-refractivity contribution in [3.8, 4) is 0 Å². The number of hydrogen-bond donors (Lipinski definition) is 4. The highest BCUT2D eigenvalue weighted by molar-refractivity contribution is 7.87. The average molecular weight is 769 g/mol. The van der Waals surface area contributed by atoms with E-state index < -0.39 is 46.5 Å². The van der Waals surface area contributed by atoms with Crippen LogP contribution in [-0.2, 0) is 24.5 Å². The second kappa shape index (κ2) is 16.1. The number of aromatic nitrogens is 1. The fourth-order valence-corrected chi connectivity index (χ4v) is 9.41. The number of rotatable bonds is 10. The van der Waals surface area contributed by atoms with Crippen molar-refractivity contribution >= 4 is 50.6 Å². The SMILES string of the molecule is CC(C)(C)N(C(=O)O)[C@H](CF)C1CCC(C(=O)N2CC[C@H](c3ccccc3)[C@H]2C(=O)Nc2ccc3[nH]c(C(=O)NS(=O)(=O)N4CCOCC4)cc3c2)CC1. The maximum atomic E-state index is 14.4. The molecule has 0 bridgehead atoms. The molecule has 0 radical (unpaired) electrons. The number of H-pyrrole nitrogens is 1. The zero-order valence-electron chi connectivity index (χ0n) is 30.8. The lowest BCUT2D eigenvalue weighted by molar-refractivity contribution is -0.141. The molecule has 4 amide bonds. The van der Waals surface area contributed by atoms with Gasteiger partial charge in [0, 0.05) is 53.6 Å². The van der Waals surface area contributed by atoms with Crippen molar-refractivity contribution in [3.63, 3.8) is 0 Å². The maximum absolute atomic E-state index is 14.4. The minimum Gasteiger partial charge on any atom is -0.465 e. The number of nitrogens with zero attached hydrogens (tertiary/aromatic N) is 3. The van der Waals surface area contributed by atoms with Crippen molar-refractivity contribution in [2.24, 2.45) is 11.8 Å². The van der Waals surface area contributed by atoms with Gasteiger partial charge in [-0.25, -0.2) is 13.9 Å². The summed E-state index contributed by atoms with van der Waals surface area (Å²) in [6.45, 7) is 5.57. The van der Waals surface area contributed by atoms with Crippen molar-refractivity contribution in [1.29, 1.82) is 0 Å². The lowest BCUT2D eigenvalue weighted by Gasteiger charge is -2.44. The number of amides is 4. The summed E-state index contributed by atoms with van der Waals surface area (Å²) < 4.78 is 48.3. The number of fused-ring (bicyclic) bond motifs is 1. The maximum Gasteiger partial charge on any atom is 0.408 e. The van der Waals surface area contributed by atoms with Crippen LogP contribution in [0, 0.1) is 11.8 Å². The minimum atomic E-state index is -4.06. The summed E-state index contributed by atoms with van der Waals surface area (Å²) in [7, 11) is -4.06. The number of carbonyl (C=O) groups excluding carboxylic acids is 3. The van der Waals surface area contributed by atoms with Crippen LogP contribution in [0.25, 0.3) is 10.9 Å². The van der Waals surface area contributed by atoms with Crippen LogP contribution >= 0.6 is 0 Å². The summed E-state index contributed by atoms with van der Waals surface area (Å²) in [4.78, 5) is 59.3. The average Bonchev–Trinajstić information content (AvgIpc) is 3.79. The van der Waals surface area contributed by atoms with Crippen LogP contribution in [0.1, 0.15) is 74.8 Å². The molecule has 2 aromatic carbocycles. The van der Waals surface area contributed by atoms with Gasteiger partial charge in [0.1, 0.15) is 18.4 Å². The molecule has 3 atom stereocenters. The second-order valence-corrected chi connectivity index (χ2v) is 17.0. The van der Waals surface area contributed by atoms with Crippen molar-refractivity contribution in [2.45, 2.75) is 76.4 Å². The number of alkyl halides is 1. The summed E-state index contributed by atoms with van der Waals surface area (Å²) in [5, 5.41) is 13.5. The third kappa shape index (κ3) is 8.40. The molecule has 3 fully saturated rings. The summed E-state index contributed by atoms with van der Waals surface area (Å²) in [6.07, 6.45) is 1.33. The Kier molecular flexibility index (Phi) is 11.6. The molecule has 1 saturated carbocycles. The molecule has 16 heteroatoms. The van der Waals surface area contributed by atoms with E-state index in [1.54, 1.807) is 43.9 Å². The molecule has 54 heavy (non-hydrogen) atoms. The Hall–Kier alpha value is -4.54. The molecule has 3 aliphatic rings. The van der Waals surface area contributed by atoms with Crippen LogP contribution in [0.5, 0.6) is 0 Å². The van der Waals surface area contributed by atoms with Crippen molar-refractivity contribution in [3.05, 3.63) is 65.9 Å². The van der Waals surface area contributed by atoms with Gasteiger partial charge in [0.05, 0.1) is 19.3 Å². The summed E-state index contributed by atoms with van der Waals surface area (Å²) in [5.74, 6) is -2.21. The number of morpholine rings is 1. The fraction of sp³-hybridized carbons (Fsp3) is 0.526. The van der Waals surface area contributed by atoms with Crippen LogP contribution in [0.15, 0.2) is 54.6 Å². The molecule has 3 aromatic rings. The van der Waals surface area contributed by atoms with Crippen molar-refractivity contribution < 1.29 is 41.8 Å². The quantitative estimate of drug-likeness (QED) is 0.229. The first-order valence-electron chi connectivity index (χ1n) is 18.4. The van der Waals surface area contributed by atoms with Crippen molar-refractivity contribution in [1.82, 2.24) is 23.8 Å². The number of benzene rings is 2. The lowest BCUT2D eigenvalue weighted by atomic mass is 9.77. The zero-order valence-corrected chi connectivity index (χ0v) is 31.6. The minimum absolute atomic E-state index is 0.0312. The molecule has 1 aromatic heterocycles. The summed E-state index contributed by atoms with van der Waals surface area (Å²) >= 11 is 0. The standard InChI is InChI=1S/C38H49FN6O8S/c1-38(2,3)45(37(49)50)32(23-39)25-9-11-26(12-10-25)36(48)44-16-15-29(24-7-5-4-6-8-24)33(44)35(47)40-28-13-14-30-27(21-28)22-31(41-30)34(46)42-54(51,52)43-17-19-53-20-18-43/h4-8,13-14,21-22,25-26,29,32-33,41H,9-12,15-20,23H2,1-3H3,(H,40,47)(H,42,46)(H,49,50)/t25?,26?,29-,32-,33+/m1/s1. The largest absolute Gasteiger partial charge is 0.465 e. The van der Waals surface area contributed by atoms with E-state index in [0.29, 0.717) is 55.2 Å².